The standard InChI is InChI=1S/C12H9Cl2NO/c13-10-4-3-8(6-11(10)14)12(16)9-2-1-5-15-7-9/h1-7,12,16H/t12-/m1/s1. The number of benzene rings is 1. The zero-order valence-corrected chi connectivity index (χ0v) is 9.78. The monoisotopic (exact) mass is 253 g/mol. The largest absolute Gasteiger partial charge is 0.384 e. The Labute approximate surface area is 103 Å². The first-order valence-electron chi connectivity index (χ1n) is 4.71. The Balaban J connectivity index is 2.34. The number of aliphatic hydroxyl groups is 1. The highest BCUT2D eigenvalue weighted by Gasteiger charge is 2.11. The first kappa shape index (κ1) is 11.4. The van der Waals surface area contributed by atoms with E-state index in [0.717, 1.165) is 5.56 Å². The van der Waals surface area contributed by atoms with Crippen LogP contribution >= 0.6 is 23.2 Å². The van der Waals surface area contributed by atoms with E-state index >= 15 is 0 Å². The number of pyridine rings is 1. The van der Waals surface area contributed by atoms with Crippen molar-refractivity contribution in [2.75, 3.05) is 0 Å². The summed E-state index contributed by atoms with van der Waals surface area (Å²) in [6.45, 7) is 0. The summed E-state index contributed by atoms with van der Waals surface area (Å²) in [5, 5.41) is 11.0. The van der Waals surface area contributed by atoms with Crippen molar-refractivity contribution in [2.24, 2.45) is 0 Å². The van der Waals surface area contributed by atoms with Gasteiger partial charge in [-0.25, -0.2) is 0 Å². The highest BCUT2D eigenvalue weighted by atomic mass is 35.5. The minimum absolute atomic E-state index is 0.433. The molecule has 0 fully saturated rings. The number of halogens is 2. The molecule has 82 valence electrons. The number of aromatic nitrogens is 1. The zero-order chi connectivity index (χ0) is 11.5. The molecule has 0 radical (unpaired) electrons. The van der Waals surface area contributed by atoms with Crippen molar-refractivity contribution >= 4 is 23.2 Å². The highest BCUT2D eigenvalue weighted by molar-refractivity contribution is 6.42. The third-order valence-electron chi connectivity index (χ3n) is 2.26. The fourth-order valence-electron chi connectivity index (χ4n) is 1.41. The maximum atomic E-state index is 10.1. The average Bonchev–Trinajstić information content (AvgIpc) is 2.33. The average molecular weight is 254 g/mol. The van der Waals surface area contributed by atoms with E-state index in [4.69, 9.17) is 23.2 Å². The van der Waals surface area contributed by atoms with E-state index in [-0.39, 0.29) is 0 Å². The predicted molar refractivity (Wildman–Crippen MR) is 64.8 cm³/mol. The van der Waals surface area contributed by atoms with Crippen LogP contribution in [0, 0.1) is 0 Å². The van der Waals surface area contributed by atoms with Crippen LogP contribution in [0.15, 0.2) is 42.7 Å². The summed E-state index contributed by atoms with van der Waals surface area (Å²) in [5.41, 5.74) is 1.42. The van der Waals surface area contributed by atoms with E-state index in [9.17, 15) is 5.11 Å². The number of aliphatic hydroxyl groups excluding tert-OH is 1. The highest BCUT2D eigenvalue weighted by Crippen LogP contribution is 2.28. The molecule has 0 aliphatic carbocycles. The van der Waals surface area contributed by atoms with Crippen LogP contribution in [-0.2, 0) is 0 Å². The Morgan fingerprint density at radius 3 is 2.50 bits per heavy atom. The second-order valence-corrected chi connectivity index (χ2v) is 4.18. The van der Waals surface area contributed by atoms with Gasteiger partial charge in [-0.15, -0.1) is 0 Å². The fraction of sp³-hybridized carbons (Fsp3) is 0.0833. The molecule has 0 aliphatic heterocycles. The first-order valence-corrected chi connectivity index (χ1v) is 5.47. The Kier molecular flexibility index (Phi) is 3.44. The molecule has 16 heavy (non-hydrogen) atoms. The molecule has 0 spiro atoms. The van der Waals surface area contributed by atoms with Gasteiger partial charge in [0.15, 0.2) is 0 Å². The molecule has 0 unspecified atom stereocenters. The van der Waals surface area contributed by atoms with E-state index in [1.165, 1.54) is 0 Å². The van der Waals surface area contributed by atoms with Gasteiger partial charge < -0.3 is 5.11 Å². The van der Waals surface area contributed by atoms with Crippen LogP contribution in [0.1, 0.15) is 17.2 Å². The molecule has 0 saturated carbocycles. The minimum Gasteiger partial charge on any atom is -0.384 e. The van der Waals surface area contributed by atoms with Crippen molar-refractivity contribution in [3.05, 3.63) is 63.9 Å². The summed E-state index contributed by atoms with van der Waals surface area (Å²) in [5.74, 6) is 0. The lowest BCUT2D eigenvalue weighted by molar-refractivity contribution is 0.220. The van der Waals surface area contributed by atoms with Crippen molar-refractivity contribution in [3.63, 3.8) is 0 Å². The normalized spacial score (nSPS) is 12.4. The second-order valence-electron chi connectivity index (χ2n) is 3.36. The van der Waals surface area contributed by atoms with Gasteiger partial charge in [-0.3, -0.25) is 4.98 Å². The van der Waals surface area contributed by atoms with Crippen LogP contribution in [0.25, 0.3) is 0 Å². The Morgan fingerprint density at radius 1 is 1.06 bits per heavy atom. The van der Waals surface area contributed by atoms with Gasteiger partial charge in [0.1, 0.15) is 6.10 Å². The molecule has 1 aromatic heterocycles. The third kappa shape index (κ3) is 2.35. The Hall–Kier alpha value is -1.09. The van der Waals surface area contributed by atoms with Gasteiger partial charge in [0.05, 0.1) is 10.0 Å². The maximum Gasteiger partial charge on any atom is 0.106 e. The van der Waals surface area contributed by atoms with Gasteiger partial charge in [0.2, 0.25) is 0 Å². The zero-order valence-electron chi connectivity index (χ0n) is 8.27. The smallest absolute Gasteiger partial charge is 0.106 e. The quantitative estimate of drug-likeness (QED) is 0.890. The van der Waals surface area contributed by atoms with Crippen LogP contribution in [0.3, 0.4) is 0 Å². The first-order chi connectivity index (χ1) is 7.68. The lowest BCUT2D eigenvalue weighted by atomic mass is 10.0. The molecule has 2 aromatic rings. The molecule has 1 N–H and O–H groups in total. The number of hydrogen-bond acceptors (Lipinski definition) is 2. The SMILES string of the molecule is O[C@@H](c1cccnc1)c1ccc(Cl)c(Cl)c1. The predicted octanol–water partition coefficient (Wildman–Crippen LogP) is 3.47. The molecular weight excluding hydrogens is 245 g/mol. The topological polar surface area (TPSA) is 33.1 Å². The summed E-state index contributed by atoms with van der Waals surface area (Å²) < 4.78 is 0. The molecule has 2 nitrogen and oxygen atoms in total. The van der Waals surface area contributed by atoms with E-state index < -0.39 is 6.10 Å². The summed E-state index contributed by atoms with van der Waals surface area (Å²) >= 11 is 11.7. The molecule has 0 amide bonds. The van der Waals surface area contributed by atoms with E-state index in [1.807, 2.05) is 0 Å². The van der Waals surface area contributed by atoms with Gasteiger partial charge in [-0.05, 0) is 23.8 Å². The van der Waals surface area contributed by atoms with E-state index in [0.29, 0.717) is 15.6 Å². The Morgan fingerprint density at radius 2 is 1.88 bits per heavy atom. The van der Waals surface area contributed by atoms with Gasteiger partial charge in [-0.1, -0.05) is 35.3 Å². The summed E-state index contributed by atoms with van der Waals surface area (Å²) in [7, 11) is 0. The molecule has 4 heteroatoms. The van der Waals surface area contributed by atoms with Crippen molar-refractivity contribution in [2.45, 2.75) is 6.10 Å². The number of rotatable bonds is 2. The lowest BCUT2D eigenvalue weighted by Crippen LogP contribution is -1.99. The van der Waals surface area contributed by atoms with Crippen molar-refractivity contribution in [1.82, 2.24) is 4.98 Å². The summed E-state index contributed by atoms with van der Waals surface area (Å²) in [6.07, 6.45) is 2.54. The van der Waals surface area contributed by atoms with Crippen molar-refractivity contribution in [1.29, 1.82) is 0 Å². The third-order valence-corrected chi connectivity index (χ3v) is 3.00. The van der Waals surface area contributed by atoms with Gasteiger partial charge in [0, 0.05) is 18.0 Å². The Bertz CT molecular complexity index is 488. The van der Waals surface area contributed by atoms with E-state index in [1.54, 1.807) is 42.7 Å². The van der Waals surface area contributed by atoms with Crippen LogP contribution in [0.4, 0.5) is 0 Å². The number of hydrogen-bond donors (Lipinski definition) is 1. The molecule has 1 heterocycles. The molecule has 1 aromatic carbocycles. The fourth-order valence-corrected chi connectivity index (χ4v) is 1.72. The minimum atomic E-state index is -0.733. The van der Waals surface area contributed by atoms with Crippen molar-refractivity contribution in [3.8, 4) is 0 Å². The molecule has 0 bridgehead atoms. The lowest BCUT2D eigenvalue weighted by Gasteiger charge is -2.11. The molecule has 2 rings (SSSR count). The summed E-state index contributed by atoms with van der Waals surface area (Å²) in [4.78, 5) is 3.95. The molecule has 0 saturated heterocycles. The molecule has 1 atom stereocenters. The van der Waals surface area contributed by atoms with Gasteiger partial charge in [0.25, 0.3) is 0 Å². The molecular formula is C12H9Cl2NO. The van der Waals surface area contributed by atoms with Gasteiger partial charge in [-0.2, -0.15) is 0 Å². The van der Waals surface area contributed by atoms with Crippen LogP contribution < -0.4 is 0 Å². The summed E-state index contributed by atoms with van der Waals surface area (Å²) in [6, 6.07) is 8.64. The van der Waals surface area contributed by atoms with E-state index in [2.05, 4.69) is 4.98 Å². The van der Waals surface area contributed by atoms with Crippen LogP contribution in [0.5, 0.6) is 0 Å². The number of nitrogens with zero attached hydrogens (tertiary/aromatic N) is 1. The maximum absolute atomic E-state index is 10.1. The van der Waals surface area contributed by atoms with Crippen LogP contribution in [-0.4, -0.2) is 10.1 Å². The molecule has 0 aliphatic rings. The van der Waals surface area contributed by atoms with Crippen LogP contribution in [0.2, 0.25) is 10.0 Å². The van der Waals surface area contributed by atoms with Gasteiger partial charge >= 0.3 is 0 Å². The van der Waals surface area contributed by atoms with Crippen molar-refractivity contribution < 1.29 is 5.11 Å². The second kappa shape index (κ2) is 4.83.